The van der Waals surface area contributed by atoms with E-state index in [1.54, 1.807) is 12.1 Å². The monoisotopic (exact) mass is 319 g/mol. The van der Waals surface area contributed by atoms with Crippen molar-refractivity contribution in [1.29, 1.82) is 0 Å². The van der Waals surface area contributed by atoms with Crippen molar-refractivity contribution in [2.45, 2.75) is 32.3 Å². The van der Waals surface area contributed by atoms with Crippen LogP contribution in [0.2, 0.25) is 0 Å². The highest BCUT2D eigenvalue weighted by Gasteiger charge is 2.30. The number of carbonyl (C=O) groups excluding carboxylic acids is 1. The molecule has 0 bridgehead atoms. The van der Waals surface area contributed by atoms with Crippen molar-refractivity contribution < 1.29 is 18.4 Å². The second kappa shape index (κ2) is 6.76. The van der Waals surface area contributed by atoms with Gasteiger partial charge in [0.2, 0.25) is 17.6 Å². The number of carbonyl (C=O) groups is 1. The number of aromatic nitrogens is 2. The molecular weight excluding hydrogens is 301 g/mol. The van der Waals surface area contributed by atoms with Crippen LogP contribution in [0, 0.1) is 5.82 Å². The lowest BCUT2D eigenvalue weighted by Crippen LogP contribution is -2.27. The third-order valence-electron chi connectivity index (χ3n) is 3.84. The molecule has 0 aliphatic carbocycles. The van der Waals surface area contributed by atoms with E-state index in [1.807, 2.05) is 11.8 Å². The SMILES string of the molecule is CCC(=O)N1CC[C@H](c2nc(COc3cccc(F)c3)no2)C1. The van der Waals surface area contributed by atoms with Crippen LogP contribution >= 0.6 is 0 Å². The van der Waals surface area contributed by atoms with Crippen LogP contribution in [0.25, 0.3) is 0 Å². The van der Waals surface area contributed by atoms with Gasteiger partial charge in [-0.3, -0.25) is 4.79 Å². The molecule has 122 valence electrons. The molecule has 1 aromatic carbocycles. The molecule has 1 amide bonds. The Morgan fingerprint density at radius 3 is 3.17 bits per heavy atom. The van der Waals surface area contributed by atoms with Crippen molar-refractivity contribution in [1.82, 2.24) is 15.0 Å². The van der Waals surface area contributed by atoms with Crippen LogP contribution in [-0.4, -0.2) is 34.0 Å². The molecule has 6 nitrogen and oxygen atoms in total. The van der Waals surface area contributed by atoms with E-state index in [2.05, 4.69) is 10.1 Å². The fraction of sp³-hybridized carbons (Fsp3) is 0.438. The summed E-state index contributed by atoms with van der Waals surface area (Å²) in [7, 11) is 0. The van der Waals surface area contributed by atoms with Crippen molar-refractivity contribution in [3.8, 4) is 5.75 Å². The molecule has 0 radical (unpaired) electrons. The second-order valence-corrected chi connectivity index (χ2v) is 5.47. The molecule has 0 saturated carbocycles. The van der Waals surface area contributed by atoms with E-state index < -0.39 is 0 Å². The molecule has 2 aromatic rings. The van der Waals surface area contributed by atoms with Crippen molar-refractivity contribution in [3.63, 3.8) is 0 Å². The lowest BCUT2D eigenvalue weighted by Gasteiger charge is -2.13. The van der Waals surface area contributed by atoms with E-state index in [9.17, 15) is 9.18 Å². The molecule has 23 heavy (non-hydrogen) atoms. The molecule has 1 aromatic heterocycles. The first-order valence-corrected chi connectivity index (χ1v) is 7.64. The van der Waals surface area contributed by atoms with Crippen LogP contribution in [0.5, 0.6) is 5.75 Å². The number of hydrogen-bond donors (Lipinski definition) is 0. The second-order valence-electron chi connectivity index (χ2n) is 5.47. The summed E-state index contributed by atoms with van der Waals surface area (Å²) in [5, 5.41) is 3.88. The quantitative estimate of drug-likeness (QED) is 0.847. The summed E-state index contributed by atoms with van der Waals surface area (Å²) < 4.78 is 23.8. The van der Waals surface area contributed by atoms with Gasteiger partial charge in [-0.05, 0) is 18.6 Å². The Balaban J connectivity index is 1.57. The van der Waals surface area contributed by atoms with Gasteiger partial charge in [-0.2, -0.15) is 4.98 Å². The molecule has 1 fully saturated rings. The van der Waals surface area contributed by atoms with Crippen LogP contribution < -0.4 is 4.74 Å². The maximum atomic E-state index is 13.1. The summed E-state index contributed by atoms with van der Waals surface area (Å²) in [6.07, 6.45) is 1.32. The Labute approximate surface area is 133 Å². The van der Waals surface area contributed by atoms with E-state index in [0.717, 1.165) is 13.0 Å². The highest BCUT2D eigenvalue weighted by Crippen LogP contribution is 2.26. The standard InChI is InChI=1S/C16H18FN3O3/c1-2-15(21)20-7-6-11(9-20)16-18-14(19-23-16)10-22-13-5-3-4-12(17)8-13/h3-5,8,11H,2,6-7,9-10H2,1H3/t11-/m0/s1. The summed E-state index contributed by atoms with van der Waals surface area (Å²) in [5.74, 6) is 1.20. The summed E-state index contributed by atoms with van der Waals surface area (Å²) >= 11 is 0. The summed E-state index contributed by atoms with van der Waals surface area (Å²) in [6, 6.07) is 5.88. The molecule has 0 N–H and O–H groups in total. The van der Waals surface area contributed by atoms with E-state index in [4.69, 9.17) is 9.26 Å². The molecular formula is C16H18FN3O3. The molecule has 1 aliphatic rings. The predicted octanol–water partition coefficient (Wildman–Crippen LogP) is 2.51. The zero-order chi connectivity index (χ0) is 16.2. The average Bonchev–Trinajstić information content (AvgIpc) is 3.21. The minimum Gasteiger partial charge on any atom is -0.485 e. The van der Waals surface area contributed by atoms with E-state index in [0.29, 0.717) is 30.4 Å². The average molecular weight is 319 g/mol. The number of halogens is 1. The first-order chi connectivity index (χ1) is 11.2. The van der Waals surface area contributed by atoms with Crippen LogP contribution in [-0.2, 0) is 11.4 Å². The number of ether oxygens (including phenoxy) is 1. The summed E-state index contributed by atoms with van der Waals surface area (Å²) in [4.78, 5) is 17.8. The molecule has 1 aliphatic heterocycles. The molecule has 7 heteroatoms. The number of amides is 1. The van der Waals surface area contributed by atoms with E-state index in [1.165, 1.54) is 12.1 Å². The van der Waals surface area contributed by atoms with Gasteiger partial charge in [0.1, 0.15) is 11.6 Å². The smallest absolute Gasteiger partial charge is 0.231 e. The molecule has 1 saturated heterocycles. The normalized spacial score (nSPS) is 17.5. The van der Waals surface area contributed by atoms with Crippen molar-refractivity contribution in [3.05, 3.63) is 41.8 Å². The third kappa shape index (κ3) is 3.67. The molecule has 3 rings (SSSR count). The van der Waals surface area contributed by atoms with Crippen molar-refractivity contribution in [2.24, 2.45) is 0 Å². The summed E-state index contributed by atoms with van der Waals surface area (Å²) in [6.45, 7) is 3.29. The highest BCUT2D eigenvalue weighted by molar-refractivity contribution is 5.76. The van der Waals surface area contributed by atoms with E-state index >= 15 is 0 Å². The van der Waals surface area contributed by atoms with Gasteiger partial charge >= 0.3 is 0 Å². The largest absolute Gasteiger partial charge is 0.485 e. The zero-order valence-electron chi connectivity index (χ0n) is 12.9. The van der Waals surface area contributed by atoms with E-state index in [-0.39, 0.29) is 24.2 Å². The number of nitrogens with zero attached hydrogens (tertiary/aromatic N) is 3. The number of rotatable bonds is 5. The molecule has 0 spiro atoms. The van der Waals surface area contributed by atoms with Crippen LogP contribution in [0.3, 0.4) is 0 Å². The minimum absolute atomic E-state index is 0.0703. The fourth-order valence-electron chi connectivity index (χ4n) is 2.61. The topological polar surface area (TPSA) is 68.5 Å². The number of benzene rings is 1. The van der Waals surface area contributed by atoms with Gasteiger partial charge in [0.15, 0.2) is 6.61 Å². The summed E-state index contributed by atoms with van der Waals surface area (Å²) in [5.41, 5.74) is 0. The van der Waals surface area contributed by atoms with Gasteiger partial charge in [0.25, 0.3) is 0 Å². The van der Waals surface area contributed by atoms with Gasteiger partial charge in [-0.1, -0.05) is 18.1 Å². The fourth-order valence-corrected chi connectivity index (χ4v) is 2.61. The lowest BCUT2D eigenvalue weighted by molar-refractivity contribution is -0.129. The van der Waals surface area contributed by atoms with Gasteiger partial charge in [-0.15, -0.1) is 0 Å². The first kappa shape index (κ1) is 15.5. The molecule has 1 atom stereocenters. The maximum Gasteiger partial charge on any atom is 0.231 e. The Bertz CT molecular complexity index is 689. The molecule has 2 heterocycles. The minimum atomic E-state index is -0.358. The lowest BCUT2D eigenvalue weighted by atomic mass is 10.1. The molecule has 0 unspecified atom stereocenters. The van der Waals surface area contributed by atoms with Crippen LogP contribution in [0.15, 0.2) is 28.8 Å². The number of hydrogen-bond acceptors (Lipinski definition) is 5. The maximum absolute atomic E-state index is 13.1. The Morgan fingerprint density at radius 2 is 2.39 bits per heavy atom. The van der Waals surface area contributed by atoms with Gasteiger partial charge in [0.05, 0.1) is 5.92 Å². The van der Waals surface area contributed by atoms with Crippen LogP contribution in [0.4, 0.5) is 4.39 Å². The zero-order valence-corrected chi connectivity index (χ0v) is 12.9. The van der Waals surface area contributed by atoms with Crippen LogP contribution in [0.1, 0.15) is 37.4 Å². The highest BCUT2D eigenvalue weighted by atomic mass is 19.1. The third-order valence-corrected chi connectivity index (χ3v) is 3.84. The Hall–Kier alpha value is -2.44. The van der Waals surface area contributed by atoms with Crippen molar-refractivity contribution in [2.75, 3.05) is 13.1 Å². The van der Waals surface area contributed by atoms with Gasteiger partial charge in [-0.25, -0.2) is 4.39 Å². The Morgan fingerprint density at radius 1 is 1.52 bits per heavy atom. The first-order valence-electron chi connectivity index (χ1n) is 7.64. The Kier molecular flexibility index (Phi) is 4.55. The van der Waals surface area contributed by atoms with Gasteiger partial charge in [0, 0.05) is 25.6 Å². The van der Waals surface area contributed by atoms with Gasteiger partial charge < -0.3 is 14.2 Å². The van der Waals surface area contributed by atoms with Crippen molar-refractivity contribution >= 4 is 5.91 Å². The predicted molar refractivity (Wildman–Crippen MR) is 79.3 cm³/mol. The number of likely N-dealkylation sites (tertiary alicyclic amines) is 1.